The van der Waals surface area contributed by atoms with Crippen LogP contribution in [0.1, 0.15) is 32.6 Å². The average Bonchev–Trinajstić information content (AvgIpc) is 2.90. The van der Waals surface area contributed by atoms with Crippen molar-refractivity contribution >= 4 is 5.82 Å². The van der Waals surface area contributed by atoms with E-state index in [1.54, 1.807) is 0 Å². The summed E-state index contributed by atoms with van der Waals surface area (Å²) in [6.07, 6.45) is 6.30. The maximum atomic E-state index is 5.57. The Hall–Kier alpha value is -1.36. The number of hydrogen-bond acceptors (Lipinski definition) is 5. The Kier molecular flexibility index (Phi) is 5.20. The second-order valence-electron chi connectivity index (χ2n) is 4.44. The first kappa shape index (κ1) is 13.1. The molecular formula is C13H21N3O2. The Morgan fingerprint density at radius 1 is 1.50 bits per heavy atom. The van der Waals surface area contributed by atoms with Crippen molar-refractivity contribution in [3.63, 3.8) is 0 Å². The maximum Gasteiger partial charge on any atom is 0.218 e. The third-order valence-corrected chi connectivity index (χ3v) is 2.89. The fraction of sp³-hybridized carbons (Fsp3) is 0.692. The summed E-state index contributed by atoms with van der Waals surface area (Å²) in [6.45, 7) is 4.54. The summed E-state index contributed by atoms with van der Waals surface area (Å²) in [7, 11) is 0. The molecule has 0 aliphatic carbocycles. The number of rotatable bonds is 7. The summed E-state index contributed by atoms with van der Waals surface area (Å²) in [5.74, 6) is 1.44. The van der Waals surface area contributed by atoms with Crippen LogP contribution in [0.25, 0.3) is 0 Å². The van der Waals surface area contributed by atoms with E-state index >= 15 is 0 Å². The minimum Gasteiger partial charge on any atom is -0.478 e. The summed E-state index contributed by atoms with van der Waals surface area (Å²) in [4.78, 5) is 8.23. The van der Waals surface area contributed by atoms with E-state index in [9.17, 15) is 0 Å². The lowest BCUT2D eigenvalue weighted by molar-refractivity contribution is 0.107. The third-order valence-electron chi connectivity index (χ3n) is 2.89. The molecular weight excluding hydrogens is 230 g/mol. The van der Waals surface area contributed by atoms with Crippen LogP contribution in [0.5, 0.6) is 5.88 Å². The van der Waals surface area contributed by atoms with Crippen molar-refractivity contribution in [3.05, 3.63) is 12.4 Å². The number of hydrogen-bond donors (Lipinski definition) is 1. The van der Waals surface area contributed by atoms with Crippen molar-refractivity contribution in [2.45, 2.75) is 38.7 Å². The van der Waals surface area contributed by atoms with Crippen molar-refractivity contribution < 1.29 is 9.47 Å². The van der Waals surface area contributed by atoms with Gasteiger partial charge in [0.2, 0.25) is 5.88 Å². The predicted molar refractivity (Wildman–Crippen MR) is 69.9 cm³/mol. The molecule has 100 valence electrons. The van der Waals surface area contributed by atoms with Gasteiger partial charge in [0.1, 0.15) is 12.1 Å². The van der Waals surface area contributed by atoms with Crippen LogP contribution in [0.4, 0.5) is 5.82 Å². The molecule has 1 aromatic rings. The van der Waals surface area contributed by atoms with Gasteiger partial charge in [0.15, 0.2) is 0 Å². The monoisotopic (exact) mass is 251 g/mol. The first-order chi connectivity index (χ1) is 8.88. The molecule has 0 spiro atoms. The number of nitrogens with zero attached hydrogens (tertiary/aromatic N) is 2. The van der Waals surface area contributed by atoms with Gasteiger partial charge in [-0.15, -0.1) is 0 Å². The molecule has 5 heteroatoms. The van der Waals surface area contributed by atoms with Gasteiger partial charge >= 0.3 is 0 Å². The molecule has 1 atom stereocenters. The lowest BCUT2D eigenvalue weighted by atomic mass is 10.2. The third kappa shape index (κ3) is 4.14. The smallest absolute Gasteiger partial charge is 0.218 e. The highest BCUT2D eigenvalue weighted by atomic mass is 16.5. The summed E-state index contributed by atoms with van der Waals surface area (Å²) in [5.41, 5.74) is 0. The zero-order valence-corrected chi connectivity index (χ0v) is 10.9. The fourth-order valence-corrected chi connectivity index (χ4v) is 1.95. The summed E-state index contributed by atoms with van der Waals surface area (Å²) in [6, 6.07) is 1.84. The minimum atomic E-state index is 0.412. The standard InChI is InChI=1S/C13H21N3O2/c1-2-7-18-13-9-12(15-10-16-13)14-6-5-11-4-3-8-17-11/h9-11H,2-8H2,1H3,(H,14,15,16). The van der Waals surface area contributed by atoms with Gasteiger partial charge in [-0.05, 0) is 25.7 Å². The van der Waals surface area contributed by atoms with Crippen molar-refractivity contribution in [2.24, 2.45) is 0 Å². The van der Waals surface area contributed by atoms with Crippen LogP contribution < -0.4 is 10.1 Å². The Bertz CT molecular complexity index is 354. The van der Waals surface area contributed by atoms with Gasteiger partial charge in [0.05, 0.1) is 12.7 Å². The second-order valence-corrected chi connectivity index (χ2v) is 4.44. The number of nitrogens with one attached hydrogen (secondary N) is 1. The highest BCUT2D eigenvalue weighted by molar-refractivity contribution is 5.36. The molecule has 0 amide bonds. The molecule has 2 rings (SSSR count). The first-order valence-corrected chi connectivity index (χ1v) is 6.69. The Morgan fingerprint density at radius 3 is 3.22 bits per heavy atom. The van der Waals surface area contributed by atoms with E-state index in [2.05, 4.69) is 22.2 Å². The molecule has 0 bridgehead atoms. The van der Waals surface area contributed by atoms with E-state index in [-0.39, 0.29) is 0 Å². The van der Waals surface area contributed by atoms with E-state index in [0.29, 0.717) is 18.6 Å². The molecule has 0 saturated carbocycles. The van der Waals surface area contributed by atoms with E-state index in [0.717, 1.165) is 31.8 Å². The van der Waals surface area contributed by atoms with Gasteiger partial charge in [0, 0.05) is 19.2 Å². The Labute approximate surface area is 108 Å². The number of ether oxygens (including phenoxy) is 2. The van der Waals surface area contributed by atoms with Crippen molar-refractivity contribution in [3.8, 4) is 5.88 Å². The predicted octanol–water partition coefficient (Wildman–Crippen LogP) is 2.25. The normalized spacial score (nSPS) is 18.8. The first-order valence-electron chi connectivity index (χ1n) is 6.69. The van der Waals surface area contributed by atoms with E-state index < -0.39 is 0 Å². The molecule has 0 aromatic carbocycles. The number of anilines is 1. The van der Waals surface area contributed by atoms with Crippen molar-refractivity contribution in [2.75, 3.05) is 25.1 Å². The second kappa shape index (κ2) is 7.16. The lowest BCUT2D eigenvalue weighted by Crippen LogP contribution is -2.13. The molecule has 0 radical (unpaired) electrons. The quantitative estimate of drug-likeness (QED) is 0.805. The van der Waals surface area contributed by atoms with E-state index in [4.69, 9.17) is 9.47 Å². The van der Waals surface area contributed by atoms with Crippen molar-refractivity contribution in [1.82, 2.24) is 9.97 Å². The fourth-order valence-electron chi connectivity index (χ4n) is 1.95. The summed E-state index contributed by atoms with van der Waals surface area (Å²) < 4.78 is 11.0. The SMILES string of the molecule is CCCOc1cc(NCCC2CCCO2)ncn1. The zero-order valence-electron chi connectivity index (χ0n) is 10.9. The molecule has 18 heavy (non-hydrogen) atoms. The van der Waals surface area contributed by atoms with Gasteiger partial charge in [0.25, 0.3) is 0 Å². The molecule has 1 unspecified atom stereocenters. The van der Waals surface area contributed by atoms with Crippen molar-refractivity contribution in [1.29, 1.82) is 0 Å². The minimum absolute atomic E-state index is 0.412. The molecule has 1 aliphatic heterocycles. The largest absolute Gasteiger partial charge is 0.478 e. The summed E-state index contributed by atoms with van der Waals surface area (Å²) >= 11 is 0. The van der Waals surface area contributed by atoms with E-state index in [1.807, 2.05) is 6.07 Å². The average molecular weight is 251 g/mol. The van der Waals surface area contributed by atoms with Crippen LogP contribution in [0, 0.1) is 0 Å². The van der Waals surface area contributed by atoms with E-state index in [1.165, 1.54) is 19.2 Å². The van der Waals surface area contributed by atoms with Crippen LogP contribution in [0.3, 0.4) is 0 Å². The molecule has 1 aliphatic rings. The van der Waals surface area contributed by atoms with Crippen LogP contribution in [0.2, 0.25) is 0 Å². The zero-order chi connectivity index (χ0) is 12.6. The van der Waals surface area contributed by atoms with Gasteiger partial charge < -0.3 is 14.8 Å². The maximum absolute atomic E-state index is 5.57. The molecule has 1 saturated heterocycles. The summed E-state index contributed by atoms with van der Waals surface area (Å²) in [5, 5.41) is 3.28. The van der Waals surface area contributed by atoms with Gasteiger partial charge in [-0.3, -0.25) is 0 Å². The number of aromatic nitrogens is 2. The highest BCUT2D eigenvalue weighted by Crippen LogP contribution is 2.16. The van der Waals surface area contributed by atoms with Gasteiger partial charge in [-0.2, -0.15) is 0 Å². The lowest BCUT2D eigenvalue weighted by Gasteiger charge is -2.11. The van der Waals surface area contributed by atoms with Crippen LogP contribution in [0.15, 0.2) is 12.4 Å². The highest BCUT2D eigenvalue weighted by Gasteiger charge is 2.14. The Morgan fingerprint density at radius 2 is 2.44 bits per heavy atom. The van der Waals surface area contributed by atoms with Gasteiger partial charge in [-0.25, -0.2) is 9.97 Å². The van der Waals surface area contributed by atoms with Gasteiger partial charge in [-0.1, -0.05) is 6.92 Å². The van der Waals surface area contributed by atoms with Crippen LogP contribution in [-0.2, 0) is 4.74 Å². The molecule has 1 N–H and O–H groups in total. The van der Waals surface area contributed by atoms with Crippen LogP contribution in [-0.4, -0.2) is 35.8 Å². The topological polar surface area (TPSA) is 56.3 Å². The molecule has 1 fully saturated rings. The Balaban J connectivity index is 1.74. The molecule has 1 aromatic heterocycles. The molecule has 5 nitrogen and oxygen atoms in total. The molecule has 2 heterocycles. The van der Waals surface area contributed by atoms with Crippen LogP contribution >= 0.6 is 0 Å².